The molecule has 1 aliphatic carbocycles. The van der Waals surface area contributed by atoms with Gasteiger partial charge in [-0.1, -0.05) is 164 Å². The van der Waals surface area contributed by atoms with Gasteiger partial charge in [0.2, 0.25) is 0 Å². The van der Waals surface area contributed by atoms with E-state index >= 15 is 0 Å². The van der Waals surface area contributed by atoms with Gasteiger partial charge in [-0.3, -0.25) is 4.98 Å². The molecule has 3 heteroatoms. The van der Waals surface area contributed by atoms with E-state index < -0.39 is 5.41 Å². The summed E-state index contributed by atoms with van der Waals surface area (Å²) in [6.07, 6.45) is 1.95. The van der Waals surface area contributed by atoms with Gasteiger partial charge in [0, 0.05) is 28.6 Å². The summed E-state index contributed by atoms with van der Waals surface area (Å²) in [5, 5.41) is 2.38. The smallest absolute Gasteiger partial charge is 0.160 e. The molecule has 1 atom stereocenters. The van der Waals surface area contributed by atoms with Crippen LogP contribution in [0.2, 0.25) is 0 Å². The Morgan fingerprint density at radius 2 is 1.12 bits per heavy atom. The van der Waals surface area contributed by atoms with Gasteiger partial charge in [0.1, 0.15) is 0 Å². The maximum atomic E-state index is 5.25. The minimum absolute atomic E-state index is 0.579. The average Bonchev–Trinajstić information content (AvgIpc) is 3.55. The normalized spacial score (nSPS) is 14.4. The van der Waals surface area contributed by atoms with E-state index in [0.29, 0.717) is 0 Å². The molecule has 0 saturated carbocycles. The van der Waals surface area contributed by atoms with Crippen LogP contribution in [-0.4, -0.2) is 15.0 Å². The molecule has 0 aliphatic heterocycles. The van der Waals surface area contributed by atoms with Gasteiger partial charge in [-0.05, 0) is 99.3 Å². The molecule has 7 aromatic carbocycles. The van der Waals surface area contributed by atoms with Crippen molar-refractivity contribution in [3.8, 4) is 56.2 Å². The van der Waals surface area contributed by atoms with Gasteiger partial charge in [-0.25, -0.2) is 9.97 Å². The molecule has 0 amide bonds. The Bertz CT molecular complexity index is 2940. The third-order valence-corrected chi connectivity index (χ3v) is 11.4. The van der Waals surface area contributed by atoms with E-state index in [1.54, 1.807) is 0 Å². The molecule has 0 fully saturated rings. The fraction of sp³-hybridized carbons (Fsp3) is 0.0755. The van der Waals surface area contributed by atoms with E-state index in [4.69, 9.17) is 15.0 Å². The zero-order chi connectivity index (χ0) is 37.8. The lowest BCUT2D eigenvalue weighted by Crippen LogP contribution is -2.28. The third kappa shape index (κ3) is 5.39. The van der Waals surface area contributed by atoms with Crippen LogP contribution < -0.4 is 0 Å². The summed E-state index contributed by atoms with van der Waals surface area (Å²) in [6, 6.07) is 63.8. The van der Waals surface area contributed by atoms with Crippen molar-refractivity contribution in [2.45, 2.75) is 26.2 Å². The number of aryl methyl sites for hydroxylation is 3. The van der Waals surface area contributed by atoms with E-state index in [-0.39, 0.29) is 0 Å². The summed E-state index contributed by atoms with van der Waals surface area (Å²) < 4.78 is 0. The zero-order valence-electron chi connectivity index (χ0n) is 31.7. The predicted molar refractivity (Wildman–Crippen MR) is 231 cm³/mol. The highest BCUT2D eigenvalue weighted by atomic mass is 14.9. The molecule has 0 spiro atoms. The molecule has 10 rings (SSSR count). The Hall–Kier alpha value is -6.97. The van der Waals surface area contributed by atoms with Crippen LogP contribution in [0.4, 0.5) is 0 Å². The number of aromatic nitrogens is 3. The Kier molecular flexibility index (Phi) is 8.04. The number of nitrogens with zero attached hydrogens (tertiary/aromatic N) is 3. The molecule has 1 aliphatic rings. The molecule has 1 unspecified atom stereocenters. The topological polar surface area (TPSA) is 38.7 Å². The summed E-state index contributed by atoms with van der Waals surface area (Å²) in [7, 11) is 0. The largest absolute Gasteiger partial charge is 0.256 e. The molecule has 56 heavy (non-hydrogen) atoms. The van der Waals surface area contributed by atoms with E-state index in [9.17, 15) is 0 Å². The molecule has 2 heterocycles. The Labute approximate surface area is 328 Å². The minimum Gasteiger partial charge on any atom is -0.256 e. The van der Waals surface area contributed by atoms with Crippen molar-refractivity contribution in [2.24, 2.45) is 0 Å². The summed E-state index contributed by atoms with van der Waals surface area (Å²) in [5.74, 6) is 0.719. The van der Waals surface area contributed by atoms with E-state index in [1.165, 1.54) is 66.4 Å². The molecule has 2 aromatic heterocycles. The van der Waals surface area contributed by atoms with E-state index in [2.05, 4.69) is 197 Å². The van der Waals surface area contributed by atoms with E-state index in [0.717, 1.165) is 39.6 Å². The van der Waals surface area contributed by atoms with Crippen molar-refractivity contribution in [3.05, 3.63) is 221 Å². The number of rotatable bonds is 6. The van der Waals surface area contributed by atoms with Gasteiger partial charge in [0.25, 0.3) is 0 Å². The van der Waals surface area contributed by atoms with Crippen LogP contribution in [0.25, 0.3) is 66.9 Å². The van der Waals surface area contributed by atoms with Crippen molar-refractivity contribution in [3.63, 3.8) is 0 Å². The van der Waals surface area contributed by atoms with Crippen molar-refractivity contribution in [1.29, 1.82) is 0 Å². The summed E-state index contributed by atoms with van der Waals surface area (Å²) in [4.78, 5) is 15.1. The van der Waals surface area contributed by atoms with Gasteiger partial charge >= 0.3 is 0 Å². The molecule has 0 N–H and O–H groups in total. The standard InChI is InChI=1S/C53H39N3/c1-34-30-35(2)51(54-33-34)39-28-26-38(27-29-39)44-22-13-25-48-50(44)46-21-9-10-24-47(46)53(48,41-17-5-4-6-18-41)42-19-11-16-40(32-42)52-55-36(3)31-49(56-52)45-23-12-15-37-14-7-8-20-43(37)45/h4-33H,1-3H3. The monoisotopic (exact) mass is 717 g/mol. The first-order valence-corrected chi connectivity index (χ1v) is 19.3. The van der Waals surface area contributed by atoms with Crippen molar-refractivity contribution < 1.29 is 0 Å². The predicted octanol–water partition coefficient (Wildman–Crippen LogP) is 13.0. The Morgan fingerprint density at radius 3 is 1.98 bits per heavy atom. The van der Waals surface area contributed by atoms with Crippen LogP contribution in [0.1, 0.15) is 39.1 Å². The van der Waals surface area contributed by atoms with Gasteiger partial charge < -0.3 is 0 Å². The average molecular weight is 718 g/mol. The van der Waals surface area contributed by atoms with Gasteiger partial charge in [0.15, 0.2) is 5.82 Å². The highest BCUT2D eigenvalue weighted by Crippen LogP contribution is 2.58. The Balaban J connectivity index is 1.16. The zero-order valence-corrected chi connectivity index (χ0v) is 31.7. The molecule has 9 aromatic rings. The van der Waals surface area contributed by atoms with Crippen molar-refractivity contribution in [1.82, 2.24) is 15.0 Å². The Morgan fingerprint density at radius 1 is 0.464 bits per heavy atom. The van der Waals surface area contributed by atoms with Crippen molar-refractivity contribution >= 4 is 10.8 Å². The number of hydrogen-bond donors (Lipinski definition) is 0. The third-order valence-electron chi connectivity index (χ3n) is 11.4. The van der Waals surface area contributed by atoms with Crippen LogP contribution in [0.5, 0.6) is 0 Å². The van der Waals surface area contributed by atoms with Crippen LogP contribution in [0.15, 0.2) is 182 Å². The van der Waals surface area contributed by atoms with Gasteiger partial charge in [0.05, 0.1) is 16.8 Å². The maximum Gasteiger partial charge on any atom is 0.160 e. The maximum absolute atomic E-state index is 5.25. The lowest BCUT2D eigenvalue weighted by Gasteiger charge is -2.34. The summed E-state index contributed by atoms with van der Waals surface area (Å²) >= 11 is 0. The second-order valence-corrected chi connectivity index (χ2v) is 15.0. The van der Waals surface area contributed by atoms with Gasteiger partial charge in [-0.2, -0.15) is 0 Å². The molecule has 266 valence electrons. The number of benzene rings is 7. The summed E-state index contributed by atoms with van der Waals surface area (Å²) in [5.41, 5.74) is 17.7. The summed E-state index contributed by atoms with van der Waals surface area (Å²) in [6.45, 7) is 6.29. The molecule has 0 saturated heterocycles. The highest BCUT2D eigenvalue weighted by Gasteiger charge is 2.47. The number of fused-ring (bicyclic) bond motifs is 4. The lowest BCUT2D eigenvalue weighted by atomic mass is 9.67. The first kappa shape index (κ1) is 33.6. The quantitative estimate of drug-likeness (QED) is 0.172. The number of hydrogen-bond acceptors (Lipinski definition) is 3. The van der Waals surface area contributed by atoms with Gasteiger partial charge in [-0.15, -0.1) is 0 Å². The minimum atomic E-state index is -0.579. The second kappa shape index (κ2) is 13.4. The fourth-order valence-corrected chi connectivity index (χ4v) is 9.05. The molecular weight excluding hydrogens is 679 g/mol. The molecule has 0 radical (unpaired) electrons. The first-order chi connectivity index (χ1) is 27.5. The van der Waals surface area contributed by atoms with Crippen LogP contribution in [-0.2, 0) is 5.41 Å². The van der Waals surface area contributed by atoms with Crippen LogP contribution in [0.3, 0.4) is 0 Å². The van der Waals surface area contributed by atoms with Crippen LogP contribution >= 0.6 is 0 Å². The highest BCUT2D eigenvalue weighted by molar-refractivity contribution is 5.97. The fourth-order valence-electron chi connectivity index (χ4n) is 9.05. The molecule has 0 bridgehead atoms. The van der Waals surface area contributed by atoms with Crippen molar-refractivity contribution in [2.75, 3.05) is 0 Å². The van der Waals surface area contributed by atoms with E-state index in [1.807, 2.05) is 6.20 Å². The molecule has 3 nitrogen and oxygen atoms in total. The SMILES string of the molecule is Cc1cnc(-c2ccc(-c3cccc4c3-c3ccccc3C4(c3ccccc3)c3cccc(-c4nc(C)cc(-c5cccc6ccccc56)n4)c3)cc2)c(C)c1. The first-order valence-electron chi connectivity index (χ1n) is 19.3. The van der Waals surface area contributed by atoms with Crippen LogP contribution in [0, 0.1) is 20.8 Å². The second-order valence-electron chi connectivity index (χ2n) is 15.0. The lowest BCUT2D eigenvalue weighted by molar-refractivity contribution is 0.768. The number of pyridine rings is 1. The molecular formula is C53H39N3.